The predicted molar refractivity (Wildman–Crippen MR) is 38.1 cm³/mol. The molecule has 3 nitrogen and oxygen atoms in total. The van der Waals surface area contributed by atoms with Gasteiger partial charge in [-0.05, 0) is 13.3 Å². The number of aromatic nitrogens is 2. The molecule has 0 saturated heterocycles. The average molecular weight is 138 g/mol. The second-order valence-corrected chi connectivity index (χ2v) is 2.15. The maximum Gasteiger partial charge on any atom is 0.168 e. The van der Waals surface area contributed by atoms with Gasteiger partial charge in [-0.25, -0.2) is 4.98 Å². The Bertz CT molecular complexity index is 240. The van der Waals surface area contributed by atoms with Crippen LogP contribution in [-0.2, 0) is 6.42 Å². The van der Waals surface area contributed by atoms with Gasteiger partial charge in [-0.15, -0.1) is 0 Å². The molecule has 0 aliphatic carbocycles. The Hall–Kier alpha value is -1.12. The molecule has 0 amide bonds. The van der Waals surface area contributed by atoms with Gasteiger partial charge in [0.1, 0.15) is 11.5 Å². The highest BCUT2D eigenvalue weighted by Crippen LogP contribution is 2.02. The van der Waals surface area contributed by atoms with Gasteiger partial charge in [0.15, 0.2) is 6.29 Å². The molecular weight excluding hydrogens is 128 g/mol. The van der Waals surface area contributed by atoms with E-state index in [9.17, 15) is 4.79 Å². The summed E-state index contributed by atoms with van der Waals surface area (Å²) in [5.74, 6) is 0.805. The van der Waals surface area contributed by atoms with Gasteiger partial charge in [0, 0.05) is 0 Å². The minimum atomic E-state index is 0.611. The molecule has 0 aliphatic heterocycles. The number of nitrogens with one attached hydrogen (secondary N) is 1. The highest BCUT2D eigenvalue weighted by Gasteiger charge is 2.02. The van der Waals surface area contributed by atoms with Crippen LogP contribution in [0.4, 0.5) is 0 Å². The summed E-state index contributed by atoms with van der Waals surface area (Å²) < 4.78 is 0. The minimum absolute atomic E-state index is 0.611. The van der Waals surface area contributed by atoms with Crippen molar-refractivity contribution < 1.29 is 4.79 Å². The van der Waals surface area contributed by atoms with Crippen molar-refractivity contribution in [3.05, 3.63) is 17.2 Å². The average Bonchev–Trinajstić information content (AvgIpc) is 2.30. The monoisotopic (exact) mass is 138 g/mol. The summed E-state index contributed by atoms with van der Waals surface area (Å²) in [5, 5.41) is 0. The number of carbonyl (C=O) groups is 1. The molecule has 0 aliphatic rings. The zero-order valence-electron chi connectivity index (χ0n) is 6.14. The van der Waals surface area contributed by atoms with Crippen LogP contribution in [0.3, 0.4) is 0 Å². The van der Waals surface area contributed by atoms with Gasteiger partial charge in [0.2, 0.25) is 0 Å². The van der Waals surface area contributed by atoms with Crippen LogP contribution in [-0.4, -0.2) is 16.3 Å². The van der Waals surface area contributed by atoms with E-state index in [0.717, 1.165) is 24.2 Å². The van der Waals surface area contributed by atoms with E-state index in [1.807, 2.05) is 13.8 Å². The molecule has 1 aromatic heterocycles. The Labute approximate surface area is 59.5 Å². The fraction of sp³-hybridized carbons (Fsp3) is 0.429. The van der Waals surface area contributed by atoms with Gasteiger partial charge in [0.25, 0.3) is 0 Å². The molecule has 1 heterocycles. The van der Waals surface area contributed by atoms with E-state index in [-0.39, 0.29) is 0 Å². The minimum Gasteiger partial charge on any atom is -0.340 e. The normalized spacial score (nSPS) is 9.80. The van der Waals surface area contributed by atoms with Crippen molar-refractivity contribution in [2.24, 2.45) is 0 Å². The lowest BCUT2D eigenvalue weighted by Gasteiger charge is -1.85. The van der Waals surface area contributed by atoms with Crippen molar-refractivity contribution in [3.63, 3.8) is 0 Å². The van der Waals surface area contributed by atoms with Crippen molar-refractivity contribution in [2.45, 2.75) is 20.3 Å². The zero-order valence-corrected chi connectivity index (χ0v) is 6.14. The number of hydrogen-bond donors (Lipinski definition) is 1. The summed E-state index contributed by atoms with van der Waals surface area (Å²) in [7, 11) is 0. The Balaban J connectivity index is 3.08. The fourth-order valence-electron chi connectivity index (χ4n) is 0.925. The molecule has 3 heteroatoms. The molecule has 0 spiro atoms. The first-order valence-corrected chi connectivity index (χ1v) is 3.28. The summed E-state index contributed by atoms with van der Waals surface area (Å²) in [6.45, 7) is 3.81. The Morgan fingerprint density at radius 2 is 2.40 bits per heavy atom. The SMILES string of the molecule is CCc1nc(C)[nH]c1C=O. The van der Waals surface area contributed by atoms with Crippen LogP contribution in [0.1, 0.15) is 28.9 Å². The first kappa shape index (κ1) is 6.99. The Kier molecular flexibility index (Phi) is 1.85. The third-order valence-electron chi connectivity index (χ3n) is 1.38. The molecule has 0 unspecified atom stereocenters. The number of imidazole rings is 1. The molecule has 0 radical (unpaired) electrons. The van der Waals surface area contributed by atoms with Gasteiger partial charge in [0.05, 0.1) is 5.69 Å². The van der Waals surface area contributed by atoms with Gasteiger partial charge >= 0.3 is 0 Å². The van der Waals surface area contributed by atoms with Crippen LogP contribution < -0.4 is 0 Å². The van der Waals surface area contributed by atoms with Crippen LogP contribution >= 0.6 is 0 Å². The number of hydrogen-bond acceptors (Lipinski definition) is 2. The van der Waals surface area contributed by atoms with Crippen LogP contribution in [0.2, 0.25) is 0 Å². The molecule has 1 N–H and O–H groups in total. The molecule has 1 aromatic rings. The van der Waals surface area contributed by atoms with Crippen molar-refractivity contribution in [1.82, 2.24) is 9.97 Å². The molecular formula is C7H10N2O. The fourth-order valence-corrected chi connectivity index (χ4v) is 0.925. The van der Waals surface area contributed by atoms with E-state index in [0.29, 0.717) is 5.69 Å². The first-order valence-electron chi connectivity index (χ1n) is 3.28. The Morgan fingerprint density at radius 3 is 2.80 bits per heavy atom. The number of H-pyrrole nitrogens is 1. The highest BCUT2D eigenvalue weighted by atomic mass is 16.1. The molecule has 10 heavy (non-hydrogen) atoms. The summed E-state index contributed by atoms with van der Waals surface area (Å²) in [6.07, 6.45) is 1.61. The first-order chi connectivity index (χ1) is 4.77. The van der Waals surface area contributed by atoms with E-state index in [2.05, 4.69) is 9.97 Å². The molecule has 54 valence electrons. The quantitative estimate of drug-likeness (QED) is 0.622. The smallest absolute Gasteiger partial charge is 0.168 e. The summed E-state index contributed by atoms with van der Waals surface area (Å²) >= 11 is 0. The van der Waals surface area contributed by atoms with Gasteiger partial charge in [-0.2, -0.15) is 0 Å². The van der Waals surface area contributed by atoms with Gasteiger partial charge in [-0.3, -0.25) is 4.79 Å². The zero-order chi connectivity index (χ0) is 7.56. The van der Waals surface area contributed by atoms with Crippen LogP contribution in [0.5, 0.6) is 0 Å². The largest absolute Gasteiger partial charge is 0.340 e. The van der Waals surface area contributed by atoms with Gasteiger partial charge in [-0.1, -0.05) is 6.92 Å². The second-order valence-electron chi connectivity index (χ2n) is 2.15. The lowest BCUT2D eigenvalue weighted by atomic mass is 10.3. The number of aryl methyl sites for hydroxylation is 2. The summed E-state index contributed by atoms with van der Waals surface area (Å²) in [5.41, 5.74) is 1.47. The second kappa shape index (κ2) is 2.64. The van der Waals surface area contributed by atoms with Gasteiger partial charge < -0.3 is 4.98 Å². The van der Waals surface area contributed by atoms with Crippen molar-refractivity contribution in [2.75, 3.05) is 0 Å². The molecule has 1 rings (SSSR count). The topological polar surface area (TPSA) is 45.8 Å². The van der Waals surface area contributed by atoms with E-state index in [1.165, 1.54) is 0 Å². The van der Waals surface area contributed by atoms with Crippen LogP contribution in [0.15, 0.2) is 0 Å². The number of rotatable bonds is 2. The summed E-state index contributed by atoms with van der Waals surface area (Å²) in [6, 6.07) is 0. The third-order valence-corrected chi connectivity index (χ3v) is 1.38. The molecule has 0 saturated carbocycles. The molecule has 0 aromatic carbocycles. The lowest BCUT2D eigenvalue weighted by Crippen LogP contribution is -1.87. The standard InChI is InChI=1S/C7H10N2O/c1-3-6-7(4-10)9-5(2)8-6/h4H,3H2,1-2H3,(H,8,9). The molecule has 0 fully saturated rings. The third kappa shape index (κ3) is 1.07. The maximum absolute atomic E-state index is 10.3. The number of aromatic amines is 1. The van der Waals surface area contributed by atoms with E-state index >= 15 is 0 Å². The van der Waals surface area contributed by atoms with E-state index < -0.39 is 0 Å². The van der Waals surface area contributed by atoms with Crippen LogP contribution in [0, 0.1) is 6.92 Å². The van der Waals surface area contributed by atoms with E-state index in [4.69, 9.17) is 0 Å². The maximum atomic E-state index is 10.3. The molecule has 0 bridgehead atoms. The number of nitrogens with zero attached hydrogens (tertiary/aromatic N) is 1. The van der Waals surface area contributed by atoms with Crippen molar-refractivity contribution >= 4 is 6.29 Å². The summed E-state index contributed by atoms with van der Waals surface area (Å²) in [4.78, 5) is 17.3. The van der Waals surface area contributed by atoms with Crippen LogP contribution in [0.25, 0.3) is 0 Å². The number of carbonyl (C=O) groups excluding carboxylic acids is 1. The lowest BCUT2D eigenvalue weighted by molar-refractivity contribution is 0.111. The van der Waals surface area contributed by atoms with Crippen molar-refractivity contribution in [3.8, 4) is 0 Å². The van der Waals surface area contributed by atoms with E-state index in [1.54, 1.807) is 0 Å². The predicted octanol–water partition coefficient (Wildman–Crippen LogP) is 1.09. The highest BCUT2D eigenvalue weighted by molar-refractivity contribution is 5.73. The Morgan fingerprint density at radius 1 is 1.70 bits per heavy atom. The number of aldehydes is 1. The van der Waals surface area contributed by atoms with Crippen molar-refractivity contribution in [1.29, 1.82) is 0 Å². The molecule has 0 atom stereocenters.